The Morgan fingerprint density at radius 3 is 2.49 bits per heavy atom. The third-order valence-electron chi connectivity index (χ3n) is 7.27. The van der Waals surface area contributed by atoms with E-state index in [1.54, 1.807) is 28.8 Å². The van der Waals surface area contributed by atoms with Gasteiger partial charge in [-0.05, 0) is 69.1 Å². The lowest BCUT2D eigenvalue weighted by Gasteiger charge is -2.30. The van der Waals surface area contributed by atoms with Crippen LogP contribution in [0.1, 0.15) is 43.0 Å². The summed E-state index contributed by atoms with van der Waals surface area (Å²) >= 11 is 12.7. The van der Waals surface area contributed by atoms with Gasteiger partial charge in [-0.25, -0.2) is 15.0 Å². The average molecular weight is 563 g/mol. The molecule has 3 aromatic heterocycles. The fraction of sp³-hybridized carbons (Fsp3) is 0.370. The SMILES string of the molecule is N#Cc1ccc(NCCNc2nc(-c3ccc(Cl)cc3Cl)cc3nc(C4CCN(C5CC5)CC4)nn23)nc1N. The monoisotopic (exact) mass is 562 g/mol. The van der Waals surface area contributed by atoms with Gasteiger partial charge in [-0.3, -0.25) is 0 Å². The number of halogens is 2. The molecule has 1 saturated carbocycles. The summed E-state index contributed by atoms with van der Waals surface area (Å²) in [5.74, 6) is 2.53. The minimum Gasteiger partial charge on any atom is -0.383 e. The molecule has 2 fully saturated rings. The number of nitriles is 1. The van der Waals surface area contributed by atoms with E-state index in [2.05, 4.69) is 20.5 Å². The van der Waals surface area contributed by atoms with Gasteiger partial charge in [0.1, 0.15) is 17.7 Å². The van der Waals surface area contributed by atoms with Gasteiger partial charge in [0.15, 0.2) is 11.5 Å². The molecular weight excluding hydrogens is 535 g/mol. The van der Waals surface area contributed by atoms with Crippen molar-refractivity contribution in [1.82, 2.24) is 29.5 Å². The average Bonchev–Trinajstić information content (AvgIpc) is 3.69. The first-order valence-electron chi connectivity index (χ1n) is 13.1. The molecule has 6 rings (SSSR count). The number of fused-ring (bicyclic) bond motifs is 1. The number of benzene rings is 1. The second kappa shape index (κ2) is 10.8. The van der Waals surface area contributed by atoms with Gasteiger partial charge < -0.3 is 21.3 Å². The second-order valence-electron chi connectivity index (χ2n) is 9.97. The zero-order valence-corrected chi connectivity index (χ0v) is 22.8. The number of nitrogens with zero attached hydrogens (tertiary/aromatic N) is 7. The molecule has 12 heteroatoms. The zero-order valence-electron chi connectivity index (χ0n) is 21.2. The quantitative estimate of drug-likeness (QED) is 0.258. The topological polar surface area (TPSA) is 133 Å². The highest BCUT2D eigenvalue weighted by molar-refractivity contribution is 6.36. The number of hydrogen-bond acceptors (Lipinski definition) is 9. The Morgan fingerprint density at radius 1 is 0.974 bits per heavy atom. The van der Waals surface area contributed by atoms with Crippen molar-refractivity contribution < 1.29 is 0 Å². The van der Waals surface area contributed by atoms with Crippen molar-refractivity contribution in [3.63, 3.8) is 0 Å². The van der Waals surface area contributed by atoms with Crippen LogP contribution >= 0.6 is 23.2 Å². The molecule has 0 amide bonds. The summed E-state index contributed by atoms with van der Waals surface area (Å²) in [6, 6.07) is 13.5. The first-order chi connectivity index (χ1) is 19.0. The van der Waals surface area contributed by atoms with Crippen molar-refractivity contribution in [2.24, 2.45) is 0 Å². The molecule has 0 radical (unpaired) electrons. The van der Waals surface area contributed by atoms with Gasteiger partial charge in [0.25, 0.3) is 0 Å². The van der Waals surface area contributed by atoms with E-state index in [4.69, 9.17) is 49.3 Å². The molecule has 0 atom stereocenters. The van der Waals surface area contributed by atoms with E-state index in [9.17, 15) is 0 Å². The van der Waals surface area contributed by atoms with E-state index in [0.717, 1.165) is 43.4 Å². The summed E-state index contributed by atoms with van der Waals surface area (Å²) in [7, 11) is 0. The van der Waals surface area contributed by atoms with E-state index >= 15 is 0 Å². The molecule has 200 valence electrons. The fourth-order valence-electron chi connectivity index (χ4n) is 5.02. The van der Waals surface area contributed by atoms with Gasteiger partial charge in [0.2, 0.25) is 5.95 Å². The maximum Gasteiger partial charge on any atom is 0.226 e. The highest BCUT2D eigenvalue weighted by Gasteiger charge is 2.33. The fourth-order valence-corrected chi connectivity index (χ4v) is 5.53. The Kier molecular flexibility index (Phi) is 7.12. The van der Waals surface area contributed by atoms with Crippen LogP contribution in [0, 0.1) is 11.3 Å². The molecule has 1 saturated heterocycles. The van der Waals surface area contributed by atoms with Crippen LogP contribution in [-0.4, -0.2) is 61.7 Å². The first-order valence-corrected chi connectivity index (χ1v) is 13.9. The van der Waals surface area contributed by atoms with Gasteiger partial charge in [-0.15, -0.1) is 5.10 Å². The lowest BCUT2D eigenvalue weighted by molar-refractivity contribution is 0.200. The molecule has 2 aliphatic rings. The van der Waals surface area contributed by atoms with Crippen LogP contribution in [0.4, 0.5) is 17.6 Å². The van der Waals surface area contributed by atoms with Crippen molar-refractivity contribution in [3.8, 4) is 17.3 Å². The molecule has 4 heterocycles. The summed E-state index contributed by atoms with van der Waals surface area (Å²) in [5, 5.41) is 21.6. The van der Waals surface area contributed by atoms with Crippen molar-refractivity contribution in [2.45, 2.75) is 37.6 Å². The third-order valence-corrected chi connectivity index (χ3v) is 7.81. The molecule has 1 aromatic carbocycles. The largest absolute Gasteiger partial charge is 0.383 e. The molecule has 1 aliphatic carbocycles. The van der Waals surface area contributed by atoms with Crippen molar-refractivity contribution in [1.29, 1.82) is 5.26 Å². The number of nitrogens with one attached hydrogen (secondary N) is 2. The van der Waals surface area contributed by atoms with Crippen LogP contribution in [0.2, 0.25) is 10.0 Å². The number of piperidine rings is 1. The number of anilines is 3. The number of nitrogen functional groups attached to an aromatic ring is 1. The Labute approximate surface area is 236 Å². The summed E-state index contributed by atoms with van der Waals surface area (Å²) in [5.41, 5.74) is 8.35. The minimum atomic E-state index is 0.199. The van der Waals surface area contributed by atoms with Crippen LogP contribution in [0.5, 0.6) is 0 Å². The smallest absolute Gasteiger partial charge is 0.226 e. The maximum atomic E-state index is 9.05. The van der Waals surface area contributed by atoms with Gasteiger partial charge in [-0.2, -0.15) is 9.78 Å². The lowest BCUT2D eigenvalue weighted by Crippen LogP contribution is -2.34. The summed E-state index contributed by atoms with van der Waals surface area (Å²) < 4.78 is 1.77. The number of rotatable bonds is 8. The third kappa shape index (κ3) is 5.57. The van der Waals surface area contributed by atoms with Crippen molar-refractivity contribution in [2.75, 3.05) is 42.5 Å². The first kappa shape index (κ1) is 25.6. The van der Waals surface area contributed by atoms with E-state index in [1.165, 1.54) is 12.8 Å². The molecule has 10 nitrogen and oxygen atoms in total. The lowest BCUT2D eigenvalue weighted by atomic mass is 9.96. The predicted molar refractivity (Wildman–Crippen MR) is 153 cm³/mol. The van der Waals surface area contributed by atoms with E-state index < -0.39 is 0 Å². The van der Waals surface area contributed by atoms with E-state index in [-0.39, 0.29) is 5.82 Å². The normalized spacial score (nSPS) is 16.3. The van der Waals surface area contributed by atoms with Crippen LogP contribution < -0.4 is 16.4 Å². The van der Waals surface area contributed by atoms with E-state index in [1.807, 2.05) is 18.2 Å². The number of nitrogens with two attached hydrogens (primary N) is 1. The summed E-state index contributed by atoms with van der Waals surface area (Å²) in [6.07, 6.45) is 4.78. The summed E-state index contributed by atoms with van der Waals surface area (Å²) in [4.78, 5) is 16.6. The molecule has 0 spiro atoms. The number of hydrogen-bond donors (Lipinski definition) is 3. The van der Waals surface area contributed by atoms with Crippen LogP contribution in [-0.2, 0) is 0 Å². The Bertz CT molecular complexity index is 1550. The molecule has 0 bridgehead atoms. The van der Waals surface area contributed by atoms with Crippen LogP contribution in [0.25, 0.3) is 16.9 Å². The second-order valence-corrected chi connectivity index (χ2v) is 10.8. The van der Waals surface area contributed by atoms with E-state index in [0.29, 0.717) is 57.7 Å². The molecular formula is C27H28Cl2N10. The van der Waals surface area contributed by atoms with Gasteiger partial charge in [0.05, 0.1) is 16.3 Å². The highest BCUT2D eigenvalue weighted by Crippen LogP contribution is 2.35. The molecule has 4 N–H and O–H groups in total. The minimum absolute atomic E-state index is 0.199. The number of aromatic nitrogens is 5. The zero-order chi connectivity index (χ0) is 26.9. The summed E-state index contributed by atoms with van der Waals surface area (Å²) in [6.45, 7) is 3.25. The standard InChI is InChI=1S/C27H28Cl2N10/c28-18-2-5-20(21(29)13-18)22-14-24-36-26(16-7-11-38(12-8-16)19-3-4-19)37-39(24)27(34-22)33-10-9-32-23-6-1-17(15-30)25(31)35-23/h1-2,5-6,13-14,16,19H,3-4,7-12H2,(H,33,34)(H3,31,32,35). The van der Waals surface area contributed by atoms with Gasteiger partial charge >= 0.3 is 0 Å². The molecule has 39 heavy (non-hydrogen) atoms. The molecule has 0 unspecified atom stereocenters. The Hall–Kier alpha value is -3.65. The van der Waals surface area contributed by atoms with Crippen LogP contribution in [0.15, 0.2) is 36.4 Å². The number of pyridine rings is 1. The predicted octanol–water partition coefficient (Wildman–Crippen LogP) is 4.81. The highest BCUT2D eigenvalue weighted by atomic mass is 35.5. The van der Waals surface area contributed by atoms with Gasteiger partial charge in [-0.1, -0.05) is 23.2 Å². The van der Waals surface area contributed by atoms with Crippen molar-refractivity contribution >= 4 is 46.4 Å². The van der Waals surface area contributed by atoms with Gasteiger partial charge in [0, 0.05) is 41.7 Å². The number of likely N-dealkylation sites (tertiary alicyclic amines) is 1. The maximum absolute atomic E-state index is 9.05. The molecule has 1 aliphatic heterocycles. The van der Waals surface area contributed by atoms with Crippen molar-refractivity contribution in [3.05, 3.63) is 57.8 Å². The van der Waals surface area contributed by atoms with Crippen LogP contribution in [0.3, 0.4) is 0 Å². The Morgan fingerprint density at radius 2 is 1.77 bits per heavy atom. The Balaban J connectivity index is 1.24. The molecule has 4 aromatic rings.